The number of carbonyl (C=O) groups is 2. The van der Waals surface area contributed by atoms with Gasteiger partial charge in [-0.1, -0.05) is 0 Å². The molecule has 0 aromatic heterocycles. The number of piperazine rings is 1. The molecule has 2 aromatic carbocycles. The highest BCUT2D eigenvalue weighted by Gasteiger charge is 2.24. The normalized spacial score (nSPS) is 13.5. The molecule has 3 rings (SSSR count). The molecule has 1 aliphatic rings. The van der Waals surface area contributed by atoms with Crippen LogP contribution in [-0.4, -0.2) is 71.0 Å². The Labute approximate surface area is 191 Å². The standard InChI is InChI=1S/C23H27N3O7/c1-17-16-18(26(30)31)2-7-21(17)33-15-9-23(29)25-12-10-24(11-13-25)22(28)8-14-32-20-5-3-19(27)4-6-20/h2-7,16,27H,8-15H2,1H3. The average Bonchev–Trinajstić information content (AvgIpc) is 2.81. The number of hydrogen-bond donors (Lipinski definition) is 1. The van der Waals surface area contributed by atoms with Crippen LogP contribution >= 0.6 is 0 Å². The van der Waals surface area contributed by atoms with Gasteiger partial charge in [-0.3, -0.25) is 19.7 Å². The van der Waals surface area contributed by atoms with Gasteiger partial charge in [-0.2, -0.15) is 0 Å². The van der Waals surface area contributed by atoms with E-state index in [0.29, 0.717) is 43.2 Å². The van der Waals surface area contributed by atoms with E-state index < -0.39 is 4.92 Å². The zero-order valence-electron chi connectivity index (χ0n) is 18.4. The van der Waals surface area contributed by atoms with Crippen LogP contribution in [0.2, 0.25) is 0 Å². The van der Waals surface area contributed by atoms with Gasteiger partial charge in [0.05, 0.1) is 31.0 Å². The van der Waals surface area contributed by atoms with Crippen LogP contribution in [-0.2, 0) is 9.59 Å². The fraction of sp³-hybridized carbons (Fsp3) is 0.391. The van der Waals surface area contributed by atoms with Crippen LogP contribution in [0.15, 0.2) is 42.5 Å². The Balaban J connectivity index is 1.35. The molecule has 0 unspecified atom stereocenters. The van der Waals surface area contributed by atoms with Crippen molar-refractivity contribution < 1.29 is 29.1 Å². The summed E-state index contributed by atoms with van der Waals surface area (Å²) in [5.74, 6) is 1.16. The zero-order valence-corrected chi connectivity index (χ0v) is 18.4. The summed E-state index contributed by atoms with van der Waals surface area (Å²) in [6, 6.07) is 10.7. The lowest BCUT2D eigenvalue weighted by Gasteiger charge is -2.35. The quantitative estimate of drug-likeness (QED) is 0.453. The number of rotatable bonds is 9. The number of non-ortho nitro benzene ring substituents is 1. The summed E-state index contributed by atoms with van der Waals surface area (Å²) >= 11 is 0. The lowest BCUT2D eigenvalue weighted by Crippen LogP contribution is -2.51. The zero-order chi connectivity index (χ0) is 23.8. The van der Waals surface area contributed by atoms with E-state index in [2.05, 4.69) is 0 Å². The molecule has 1 saturated heterocycles. The van der Waals surface area contributed by atoms with Crippen LogP contribution in [0.25, 0.3) is 0 Å². The molecule has 2 amide bonds. The molecule has 2 aromatic rings. The van der Waals surface area contributed by atoms with Gasteiger partial charge < -0.3 is 24.4 Å². The van der Waals surface area contributed by atoms with Crippen molar-refractivity contribution >= 4 is 17.5 Å². The predicted octanol–water partition coefficient (Wildman–Crippen LogP) is 2.52. The molecule has 1 fully saturated rings. The molecule has 10 heteroatoms. The predicted molar refractivity (Wildman–Crippen MR) is 119 cm³/mol. The fourth-order valence-corrected chi connectivity index (χ4v) is 3.48. The van der Waals surface area contributed by atoms with Crippen LogP contribution < -0.4 is 9.47 Å². The van der Waals surface area contributed by atoms with Gasteiger partial charge in [0, 0.05) is 38.3 Å². The molecule has 0 radical (unpaired) electrons. The number of phenolic OH excluding ortho intramolecular Hbond substituents is 1. The molecule has 176 valence electrons. The smallest absolute Gasteiger partial charge is 0.269 e. The number of phenols is 1. The number of nitrogens with zero attached hydrogens (tertiary/aromatic N) is 3. The van der Waals surface area contributed by atoms with Gasteiger partial charge in [-0.15, -0.1) is 0 Å². The van der Waals surface area contributed by atoms with Gasteiger partial charge in [-0.25, -0.2) is 0 Å². The van der Waals surface area contributed by atoms with Gasteiger partial charge in [0.25, 0.3) is 5.69 Å². The minimum absolute atomic E-state index is 0.00439. The summed E-state index contributed by atoms with van der Waals surface area (Å²) in [7, 11) is 0. The first-order chi connectivity index (χ1) is 15.8. The van der Waals surface area contributed by atoms with Crippen molar-refractivity contribution in [3.05, 3.63) is 58.1 Å². The number of ether oxygens (including phenoxy) is 2. The maximum atomic E-state index is 12.5. The van der Waals surface area contributed by atoms with E-state index in [1.54, 1.807) is 28.9 Å². The van der Waals surface area contributed by atoms with Crippen molar-refractivity contribution in [1.82, 2.24) is 9.80 Å². The Kier molecular flexibility index (Phi) is 8.06. The Morgan fingerprint density at radius 2 is 1.48 bits per heavy atom. The molecular formula is C23H27N3O7. The molecule has 0 atom stereocenters. The SMILES string of the molecule is Cc1cc([N+](=O)[O-])ccc1OCCC(=O)N1CCN(C(=O)CCOc2ccc(O)cc2)CC1. The molecule has 1 heterocycles. The van der Waals surface area contributed by atoms with E-state index in [9.17, 15) is 24.8 Å². The van der Waals surface area contributed by atoms with Crippen LogP contribution in [0.4, 0.5) is 5.69 Å². The summed E-state index contributed by atoms with van der Waals surface area (Å²) < 4.78 is 11.1. The van der Waals surface area contributed by atoms with Crippen LogP contribution in [0, 0.1) is 17.0 Å². The fourth-order valence-electron chi connectivity index (χ4n) is 3.48. The van der Waals surface area contributed by atoms with Crippen LogP contribution in [0.1, 0.15) is 18.4 Å². The van der Waals surface area contributed by atoms with Gasteiger partial charge in [0.2, 0.25) is 11.8 Å². The van der Waals surface area contributed by atoms with Crippen molar-refractivity contribution in [3.63, 3.8) is 0 Å². The topological polar surface area (TPSA) is 122 Å². The first-order valence-electron chi connectivity index (χ1n) is 10.7. The van der Waals surface area contributed by atoms with Crippen molar-refractivity contribution in [1.29, 1.82) is 0 Å². The summed E-state index contributed by atoms with van der Waals surface area (Å²) in [6.45, 7) is 3.97. The summed E-state index contributed by atoms with van der Waals surface area (Å²) in [5.41, 5.74) is 0.633. The largest absolute Gasteiger partial charge is 0.508 e. The molecule has 0 spiro atoms. The summed E-state index contributed by atoms with van der Waals surface area (Å²) in [5, 5.41) is 20.1. The molecular weight excluding hydrogens is 430 g/mol. The number of carbonyl (C=O) groups excluding carboxylic acids is 2. The molecule has 0 saturated carbocycles. The second-order valence-electron chi connectivity index (χ2n) is 7.66. The minimum atomic E-state index is -0.465. The third-order valence-corrected chi connectivity index (χ3v) is 5.35. The first-order valence-corrected chi connectivity index (χ1v) is 10.7. The van der Waals surface area contributed by atoms with E-state index in [4.69, 9.17) is 9.47 Å². The second-order valence-corrected chi connectivity index (χ2v) is 7.66. The number of nitro benzene ring substituents is 1. The van der Waals surface area contributed by atoms with E-state index in [-0.39, 0.29) is 49.3 Å². The molecule has 0 aliphatic carbocycles. The maximum Gasteiger partial charge on any atom is 0.269 e. The number of amides is 2. The second kappa shape index (κ2) is 11.2. The number of hydrogen-bond acceptors (Lipinski definition) is 7. The Morgan fingerprint density at radius 3 is 2.00 bits per heavy atom. The third-order valence-electron chi connectivity index (χ3n) is 5.35. The minimum Gasteiger partial charge on any atom is -0.508 e. The molecule has 10 nitrogen and oxygen atoms in total. The van der Waals surface area contributed by atoms with Gasteiger partial charge >= 0.3 is 0 Å². The van der Waals surface area contributed by atoms with E-state index in [1.165, 1.54) is 30.3 Å². The number of aryl methyl sites for hydroxylation is 1. The van der Waals surface area contributed by atoms with Crippen LogP contribution in [0.3, 0.4) is 0 Å². The van der Waals surface area contributed by atoms with E-state index in [0.717, 1.165) is 0 Å². The first kappa shape index (κ1) is 23.8. The Hall–Kier alpha value is -3.82. The average molecular weight is 457 g/mol. The Morgan fingerprint density at radius 1 is 0.939 bits per heavy atom. The van der Waals surface area contributed by atoms with E-state index in [1.807, 2.05) is 0 Å². The van der Waals surface area contributed by atoms with Crippen molar-refractivity contribution in [2.75, 3.05) is 39.4 Å². The van der Waals surface area contributed by atoms with Crippen molar-refractivity contribution in [3.8, 4) is 17.2 Å². The van der Waals surface area contributed by atoms with Gasteiger partial charge in [0.1, 0.15) is 17.2 Å². The molecule has 33 heavy (non-hydrogen) atoms. The van der Waals surface area contributed by atoms with Crippen molar-refractivity contribution in [2.24, 2.45) is 0 Å². The third kappa shape index (κ3) is 6.83. The molecule has 1 aliphatic heterocycles. The van der Waals surface area contributed by atoms with Crippen LogP contribution in [0.5, 0.6) is 17.2 Å². The highest BCUT2D eigenvalue weighted by Crippen LogP contribution is 2.23. The number of aromatic hydroxyl groups is 1. The highest BCUT2D eigenvalue weighted by atomic mass is 16.6. The molecule has 1 N–H and O–H groups in total. The highest BCUT2D eigenvalue weighted by molar-refractivity contribution is 5.78. The summed E-state index contributed by atoms with van der Waals surface area (Å²) in [4.78, 5) is 38.6. The lowest BCUT2D eigenvalue weighted by molar-refractivity contribution is -0.384. The van der Waals surface area contributed by atoms with Gasteiger partial charge in [-0.05, 0) is 42.8 Å². The maximum absolute atomic E-state index is 12.5. The number of nitro groups is 1. The monoisotopic (exact) mass is 457 g/mol. The van der Waals surface area contributed by atoms with E-state index >= 15 is 0 Å². The lowest BCUT2D eigenvalue weighted by atomic mass is 10.2. The Bertz CT molecular complexity index is 986. The molecule has 0 bridgehead atoms. The van der Waals surface area contributed by atoms with Gasteiger partial charge in [0.15, 0.2) is 0 Å². The summed E-state index contributed by atoms with van der Waals surface area (Å²) in [6.07, 6.45) is 0.419. The van der Waals surface area contributed by atoms with Crippen molar-refractivity contribution in [2.45, 2.75) is 19.8 Å². The number of benzene rings is 2.